The quantitative estimate of drug-likeness (QED) is 0.327. The summed E-state index contributed by atoms with van der Waals surface area (Å²) >= 11 is 0. The Hall–Kier alpha value is -3.04. The van der Waals surface area contributed by atoms with E-state index < -0.39 is 6.10 Å². The molecule has 9 heteroatoms. The summed E-state index contributed by atoms with van der Waals surface area (Å²) < 4.78 is 8.45. The number of quaternary nitrogens is 1. The van der Waals surface area contributed by atoms with Crippen molar-refractivity contribution in [2.75, 3.05) is 41.8 Å². The third-order valence-electron chi connectivity index (χ3n) is 4.21. The monoisotopic (exact) mass is 412 g/mol. The molecule has 3 rings (SSSR count). The Balaban J connectivity index is 1.92. The minimum absolute atomic E-state index is 0.280. The van der Waals surface area contributed by atoms with E-state index in [1.807, 2.05) is 70.1 Å². The van der Waals surface area contributed by atoms with Crippen LogP contribution < -0.4 is 4.74 Å². The highest BCUT2D eigenvalue weighted by Crippen LogP contribution is 2.25. The summed E-state index contributed by atoms with van der Waals surface area (Å²) in [7, 11) is 9.88. The Labute approximate surface area is 176 Å². The van der Waals surface area contributed by atoms with Crippen LogP contribution in [0.25, 0.3) is 11.2 Å². The standard InChI is InChI=1S/C21H30N7O2/c1-26(2)14-23-21-24-19-18(20(25-21)30-13-16-9-7-6-8-10-16)22-15-27(19)11-17(29)12-28(3,4)5/h6-10,14-15,17,29H,11-13H2,1-5H3/q+1/b23-14+. The van der Waals surface area contributed by atoms with Crippen LogP contribution in [0.2, 0.25) is 0 Å². The third-order valence-corrected chi connectivity index (χ3v) is 4.21. The molecule has 0 spiro atoms. The van der Waals surface area contributed by atoms with E-state index in [-0.39, 0.29) is 5.95 Å². The maximum absolute atomic E-state index is 10.5. The number of aliphatic hydroxyl groups is 1. The van der Waals surface area contributed by atoms with Crippen LogP contribution in [0.4, 0.5) is 5.95 Å². The van der Waals surface area contributed by atoms with Gasteiger partial charge in [-0.1, -0.05) is 30.3 Å². The first-order valence-corrected chi connectivity index (χ1v) is 9.80. The molecule has 0 aliphatic carbocycles. The van der Waals surface area contributed by atoms with Gasteiger partial charge >= 0.3 is 0 Å². The number of aliphatic hydroxyl groups excluding tert-OH is 1. The maximum Gasteiger partial charge on any atom is 0.256 e. The fourth-order valence-electron chi connectivity index (χ4n) is 3.01. The molecule has 0 amide bonds. The number of ether oxygens (including phenoxy) is 1. The molecule has 0 saturated heterocycles. The fourth-order valence-corrected chi connectivity index (χ4v) is 3.01. The highest BCUT2D eigenvalue weighted by atomic mass is 16.5. The van der Waals surface area contributed by atoms with E-state index in [4.69, 9.17) is 4.74 Å². The van der Waals surface area contributed by atoms with Crippen molar-refractivity contribution >= 4 is 23.5 Å². The Morgan fingerprint density at radius 1 is 1.20 bits per heavy atom. The second kappa shape index (κ2) is 9.19. The summed E-state index contributed by atoms with van der Waals surface area (Å²) in [6.45, 7) is 1.34. The number of hydrogen-bond acceptors (Lipinski definition) is 6. The molecule has 2 heterocycles. The van der Waals surface area contributed by atoms with Gasteiger partial charge in [-0.25, -0.2) is 9.98 Å². The number of nitrogens with zero attached hydrogens (tertiary/aromatic N) is 7. The second-order valence-corrected chi connectivity index (χ2v) is 8.51. The predicted octanol–water partition coefficient (Wildman–Crippen LogP) is 1.69. The first-order chi connectivity index (χ1) is 14.2. The van der Waals surface area contributed by atoms with Gasteiger partial charge in [0, 0.05) is 14.1 Å². The molecule has 30 heavy (non-hydrogen) atoms. The van der Waals surface area contributed by atoms with Gasteiger partial charge in [-0.3, -0.25) is 0 Å². The maximum atomic E-state index is 10.5. The third kappa shape index (κ3) is 5.98. The Bertz CT molecular complexity index is 994. The van der Waals surface area contributed by atoms with Gasteiger partial charge in [-0.15, -0.1) is 0 Å². The van der Waals surface area contributed by atoms with Crippen molar-refractivity contribution in [1.29, 1.82) is 0 Å². The Morgan fingerprint density at radius 2 is 1.93 bits per heavy atom. The van der Waals surface area contributed by atoms with Gasteiger partial charge in [0.25, 0.3) is 5.95 Å². The molecule has 0 aliphatic heterocycles. The van der Waals surface area contributed by atoms with Crippen molar-refractivity contribution in [2.24, 2.45) is 4.99 Å². The van der Waals surface area contributed by atoms with Crippen LogP contribution in [-0.2, 0) is 13.2 Å². The lowest BCUT2D eigenvalue weighted by Gasteiger charge is -2.26. The van der Waals surface area contributed by atoms with E-state index in [1.165, 1.54) is 0 Å². The molecule has 0 fully saturated rings. The summed E-state index contributed by atoms with van der Waals surface area (Å²) in [6, 6.07) is 9.87. The number of benzene rings is 1. The molecule has 0 aliphatic rings. The first kappa shape index (κ1) is 21.7. The Kier molecular flexibility index (Phi) is 6.63. The molecule has 160 valence electrons. The summed E-state index contributed by atoms with van der Waals surface area (Å²) in [5.41, 5.74) is 2.16. The minimum atomic E-state index is -0.542. The highest BCUT2D eigenvalue weighted by molar-refractivity contribution is 5.78. The summed E-state index contributed by atoms with van der Waals surface area (Å²) in [5, 5.41) is 10.5. The fraction of sp³-hybridized carbons (Fsp3) is 0.429. The van der Waals surface area contributed by atoms with Crippen LogP contribution in [0.15, 0.2) is 41.7 Å². The van der Waals surface area contributed by atoms with E-state index in [1.54, 1.807) is 17.6 Å². The average molecular weight is 413 g/mol. The van der Waals surface area contributed by atoms with Crippen LogP contribution in [-0.4, -0.2) is 88.2 Å². The van der Waals surface area contributed by atoms with Crippen LogP contribution in [0.5, 0.6) is 5.88 Å². The molecule has 3 aromatic rings. The molecule has 9 nitrogen and oxygen atoms in total. The van der Waals surface area contributed by atoms with Crippen molar-refractivity contribution < 1.29 is 14.3 Å². The normalized spacial score (nSPS) is 13.1. The van der Waals surface area contributed by atoms with Gasteiger partial charge in [0.2, 0.25) is 5.88 Å². The number of rotatable bonds is 9. The topological polar surface area (TPSA) is 88.7 Å². The van der Waals surface area contributed by atoms with Crippen LogP contribution in [0, 0.1) is 0 Å². The van der Waals surface area contributed by atoms with Gasteiger partial charge in [0.05, 0.1) is 40.4 Å². The minimum Gasteiger partial charge on any atom is -0.471 e. The lowest BCUT2D eigenvalue weighted by molar-refractivity contribution is -0.873. The molecule has 1 unspecified atom stereocenters. The van der Waals surface area contributed by atoms with Crippen molar-refractivity contribution in [3.05, 3.63) is 42.2 Å². The first-order valence-electron chi connectivity index (χ1n) is 9.80. The zero-order chi connectivity index (χ0) is 21.7. The highest BCUT2D eigenvalue weighted by Gasteiger charge is 2.20. The number of aliphatic imine (C=N–C) groups is 1. The van der Waals surface area contributed by atoms with Crippen LogP contribution in [0.1, 0.15) is 5.56 Å². The van der Waals surface area contributed by atoms with Crippen molar-refractivity contribution in [1.82, 2.24) is 24.4 Å². The number of aromatic nitrogens is 4. The molecular weight excluding hydrogens is 382 g/mol. The van der Waals surface area contributed by atoms with Crippen molar-refractivity contribution in [2.45, 2.75) is 19.3 Å². The molecule has 0 radical (unpaired) electrons. The van der Waals surface area contributed by atoms with E-state index in [0.29, 0.717) is 41.2 Å². The molecule has 1 atom stereocenters. The van der Waals surface area contributed by atoms with E-state index >= 15 is 0 Å². The number of fused-ring (bicyclic) bond motifs is 1. The van der Waals surface area contributed by atoms with Gasteiger partial charge in [-0.05, 0) is 5.56 Å². The predicted molar refractivity (Wildman–Crippen MR) is 117 cm³/mol. The zero-order valence-electron chi connectivity index (χ0n) is 18.2. The summed E-state index contributed by atoms with van der Waals surface area (Å²) in [5.74, 6) is 0.650. The number of hydrogen-bond donors (Lipinski definition) is 1. The zero-order valence-corrected chi connectivity index (χ0v) is 18.2. The number of likely N-dealkylation sites (N-methyl/N-ethyl adjacent to an activating group) is 1. The van der Waals surface area contributed by atoms with Crippen LogP contribution in [0.3, 0.4) is 0 Å². The molecule has 1 N–H and O–H groups in total. The van der Waals surface area contributed by atoms with E-state index in [9.17, 15) is 5.11 Å². The van der Waals surface area contributed by atoms with Gasteiger partial charge in [0.15, 0.2) is 11.2 Å². The molecule has 2 aromatic heterocycles. The van der Waals surface area contributed by atoms with Gasteiger partial charge in [0.1, 0.15) is 19.3 Å². The second-order valence-electron chi connectivity index (χ2n) is 8.51. The smallest absolute Gasteiger partial charge is 0.256 e. The molecule has 0 bridgehead atoms. The van der Waals surface area contributed by atoms with Crippen molar-refractivity contribution in [3.8, 4) is 5.88 Å². The molecule has 1 aromatic carbocycles. The summed E-state index contributed by atoms with van der Waals surface area (Å²) in [6.07, 6.45) is 2.75. The SMILES string of the molecule is CN(C)/C=N/c1nc(OCc2ccccc2)c2ncn(CC(O)C[N+](C)(C)C)c2n1. The average Bonchev–Trinajstić information content (AvgIpc) is 3.06. The van der Waals surface area contributed by atoms with Crippen molar-refractivity contribution in [3.63, 3.8) is 0 Å². The van der Waals surface area contributed by atoms with Gasteiger partial charge < -0.3 is 23.8 Å². The van der Waals surface area contributed by atoms with E-state index in [2.05, 4.69) is 19.9 Å². The summed E-state index contributed by atoms with van der Waals surface area (Å²) in [4.78, 5) is 19.6. The molecule has 0 saturated carbocycles. The van der Waals surface area contributed by atoms with E-state index in [0.717, 1.165) is 5.56 Å². The van der Waals surface area contributed by atoms with Crippen LogP contribution >= 0.6 is 0 Å². The number of imidazole rings is 1. The lowest BCUT2D eigenvalue weighted by Crippen LogP contribution is -2.42. The molecular formula is C21H30N7O2+. The largest absolute Gasteiger partial charge is 0.471 e. The van der Waals surface area contributed by atoms with Gasteiger partial charge in [-0.2, -0.15) is 9.97 Å². The lowest BCUT2D eigenvalue weighted by atomic mass is 10.2. The Morgan fingerprint density at radius 3 is 2.60 bits per heavy atom.